The standard InChI is InChI=1S/C9H8BrNO3/c10-5-1-2-7-6-8(11(13)14)3-4-9(7)12/h1-4,6,12H,5H2. The van der Waals surface area contributed by atoms with E-state index in [4.69, 9.17) is 0 Å². The molecule has 14 heavy (non-hydrogen) atoms. The minimum Gasteiger partial charge on any atom is -0.507 e. The van der Waals surface area contributed by atoms with E-state index < -0.39 is 4.92 Å². The Morgan fingerprint density at radius 2 is 2.29 bits per heavy atom. The van der Waals surface area contributed by atoms with E-state index in [2.05, 4.69) is 15.9 Å². The zero-order valence-electron chi connectivity index (χ0n) is 7.18. The summed E-state index contributed by atoms with van der Waals surface area (Å²) in [7, 11) is 0. The Morgan fingerprint density at radius 3 is 2.86 bits per heavy atom. The van der Waals surface area contributed by atoms with Gasteiger partial charge in [-0.15, -0.1) is 0 Å². The lowest BCUT2D eigenvalue weighted by molar-refractivity contribution is -0.384. The van der Waals surface area contributed by atoms with Gasteiger partial charge in [-0.05, 0) is 6.07 Å². The number of phenolic OH excluding ortho intramolecular Hbond substituents is 1. The van der Waals surface area contributed by atoms with Crippen LogP contribution in [0.3, 0.4) is 0 Å². The van der Waals surface area contributed by atoms with Gasteiger partial charge in [0.2, 0.25) is 0 Å². The van der Waals surface area contributed by atoms with E-state index in [-0.39, 0.29) is 11.4 Å². The summed E-state index contributed by atoms with van der Waals surface area (Å²) in [6, 6.07) is 3.90. The number of halogens is 1. The molecule has 1 aromatic carbocycles. The molecule has 0 amide bonds. The van der Waals surface area contributed by atoms with Crippen LogP contribution >= 0.6 is 15.9 Å². The number of allylic oxidation sites excluding steroid dienone is 1. The van der Waals surface area contributed by atoms with Crippen LogP contribution < -0.4 is 0 Å². The smallest absolute Gasteiger partial charge is 0.270 e. The van der Waals surface area contributed by atoms with Gasteiger partial charge >= 0.3 is 0 Å². The molecule has 0 aliphatic heterocycles. The molecule has 0 saturated carbocycles. The number of hydrogen-bond acceptors (Lipinski definition) is 3. The second kappa shape index (κ2) is 4.76. The number of nitro benzene ring substituents is 1. The normalized spacial score (nSPS) is 10.6. The molecule has 0 bridgehead atoms. The topological polar surface area (TPSA) is 63.4 Å². The number of aromatic hydroxyl groups is 1. The first kappa shape index (κ1) is 10.7. The lowest BCUT2D eigenvalue weighted by Crippen LogP contribution is -1.88. The van der Waals surface area contributed by atoms with Crippen LogP contribution in [0, 0.1) is 10.1 Å². The Kier molecular flexibility index (Phi) is 3.64. The van der Waals surface area contributed by atoms with Gasteiger partial charge in [0.25, 0.3) is 5.69 Å². The van der Waals surface area contributed by atoms with Crippen molar-refractivity contribution in [2.75, 3.05) is 5.33 Å². The Hall–Kier alpha value is -1.36. The number of nitro groups is 1. The average Bonchev–Trinajstić information content (AvgIpc) is 2.16. The molecule has 1 aromatic rings. The van der Waals surface area contributed by atoms with Crippen LogP contribution in [0.2, 0.25) is 0 Å². The number of alkyl halides is 1. The Bertz CT molecular complexity index is 376. The summed E-state index contributed by atoms with van der Waals surface area (Å²) in [6.07, 6.45) is 3.37. The number of rotatable bonds is 3. The Balaban J connectivity index is 3.08. The molecular weight excluding hydrogens is 250 g/mol. The van der Waals surface area contributed by atoms with Crippen LogP contribution in [-0.4, -0.2) is 15.4 Å². The van der Waals surface area contributed by atoms with Crippen LogP contribution in [0.1, 0.15) is 5.56 Å². The van der Waals surface area contributed by atoms with Gasteiger partial charge in [-0.3, -0.25) is 10.1 Å². The highest BCUT2D eigenvalue weighted by Gasteiger charge is 2.07. The number of nitrogens with zero attached hydrogens (tertiary/aromatic N) is 1. The number of benzene rings is 1. The highest BCUT2D eigenvalue weighted by molar-refractivity contribution is 9.09. The predicted octanol–water partition coefficient (Wildman–Crippen LogP) is 2.71. The van der Waals surface area contributed by atoms with Gasteiger partial charge in [0.1, 0.15) is 5.75 Å². The van der Waals surface area contributed by atoms with Crippen LogP contribution in [0.25, 0.3) is 6.08 Å². The van der Waals surface area contributed by atoms with Crippen LogP contribution in [0.15, 0.2) is 24.3 Å². The minimum atomic E-state index is -0.495. The molecule has 0 saturated heterocycles. The first-order valence-electron chi connectivity index (χ1n) is 3.85. The SMILES string of the molecule is O=[N+]([O-])c1ccc(O)c(C=CCBr)c1. The molecule has 0 spiro atoms. The van der Waals surface area contributed by atoms with Crippen LogP contribution in [0.4, 0.5) is 5.69 Å². The summed E-state index contributed by atoms with van der Waals surface area (Å²) in [5.74, 6) is 0.0350. The molecular formula is C9H8BrNO3. The third kappa shape index (κ3) is 2.56. The minimum absolute atomic E-state index is 0.0305. The third-order valence-corrected chi connectivity index (χ3v) is 1.98. The molecule has 0 heterocycles. The first-order chi connectivity index (χ1) is 6.65. The molecule has 4 nitrogen and oxygen atoms in total. The van der Waals surface area contributed by atoms with Gasteiger partial charge in [0, 0.05) is 23.0 Å². The largest absolute Gasteiger partial charge is 0.507 e. The maximum absolute atomic E-state index is 10.4. The van der Waals surface area contributed by atoms with Crippen molar-refractivity contribution in [1.82, 2.24) is 0 Å². The third-order valence-electron chi connectivity index (χ3n) is 1.61. The second-order valence-corrected chi connectivity index (χ2v) is 3.20. The van der Waals surface area contributed by atoms with Crippen molar-refractivity contribution in [3.63, 3.8) is 0 Å². The van der Waals surface area contributed by atoms with Crippen LogP contribution in [0.5, 0.6) is 5.75 Å². The van der Waals surface area contributed by atoms with Crippen molar-refractivity contribution >= 4 is 27.7 Å². The first-order valence-corrected chi connectivity index (χ1v) is 4.97. The van der Waals surface area contributed by atoms with Gasteiger partial charge in [0.15, 0.2) is 0 Å². The van der Waals surface area contributed by atoms with Gasteiger partial charge in [0.05, 0.1) is 4.92 Å². The van der Waals surface area contributed by atoms with E-state index in [1.54, 1.807) is 12.2 Å². The molecule has 0 aliphatic carbocycles. The van der Waals surface area contributed by atoms with E-state index in [1.165, 1.54) is 18.2 Å². The van der Waals surface area contributed by atoms with Crippen molar-refractivity contribution in [1.29, 1.82) is 0 Å². The van der Waals surface area contributed by atoms with Gasteiger partial charge < -0.3 is 5.11 Å². The van der Waals surface area contributed by atoms with E-state index in [9.17, 15) is 15.2 Å². The lowest BCUT2D eigenvalue weighted by atomic mass is 10.1. The number of non-ortho nitro benzene ring substituents is 1. The van der Waals surface area contributed by atoms with Gasteiger partial charge in [-0.25, -0.2) is 0 Å². The van der Waals surface area contributed by atoms with E-state index >= 15 is 0 Å². The molecule has 0 aromatic heterocycles. The highest BCUT2D eigenvalue weighted by Crippen LogP contribution is 2.23. The summed E-state index contributed by atoms with van der Waals surface area (Å²) < 4.78 is 0. The van der Waals surface area contributed by atoms with Gasteiger partial charge in [-0.2, -0.15) is 0 Å². The molecule has 74 valence electrons. The maximum Gasteiger partial charge on any atom is 0.270 e. The molecule has 0 unspecified atom stereocenters. The predicted molar refractivity (Wildman–Crippen MR) is 57.6 cm³/mol. The molecule has 5 heteroatoms. The monoisotopic (exact) mass is 257 g/mol. The second-order valence-electron chi connectivity index (χ2n) is 2.56. The van der Waals surface area contributed by atoms with E-state index in [0.717, 1.165) is 0 Å². The Morgan fingerprint density at radius 1 is 1.57 bits per heavy atom. The fraction of sp³-hybridized carbons (Fsp3) is 0.111. The maximum atomic E-state index is 10.4. The molecule has 0 atom stereocenters. The molecule has 0 aliphatic rings. The summed E-state index contributed by atoms with van der Waals surface area (Å²) in [5, 5.41) is 20.4. The average molecular weight is 258 g/mol. The zero-order chi connectivity index (χ0) is 10.6. The number of hydrogen-bond donors (Lipinski definition) is 1. The Labute approximate surface area is 89.2 Å². The lowest BCUT2D eigenvalue weighted by Gasteiger charge is -1.98. The summed E-state index contributed by atoms with van der Waals surface area (Å²) in [4.78, 5) is 9.93. The van der Waals surface area contributed by atoms with Crippen LogP contribution in [-0.2, 0) is 0 Å². The molecule has 1 N–H and O–H groups in total. The van der Waals surface area contributed by atoms with Crippen molar-refractivity contribution in [2.24, 2.45) is 0 Å². The van der Waals surface area contributed by atoms with Gasteiger partial charge in [-0.1, -0.05) is 28.1 Å². The van der Waals surface area contributed by atoms with Crippen molar-refractivity contribution in [3.05, 3.63) is 40.0 Å². The fourth-order valence-electron chi connectivity index (χ4n) is 0.960. The fourth-order valence-corrected chi connectivity index (χ4v) is 1.15. The van der Waals surface area contributed by atoms with E-state index in [0.29, 0.717) is 10.9 Å². The van der Waals surface area contributed by atoms with E-state index in [1.807, 2.05) is 0 Å². The van der Waals surface area contributed by atoms with Crippen molar-refractivity contribution in [2.45, 2.75) is 0 Å². The summed E-state index contributed by atoms with van der Waals surface area (Å²) in [6.45, 7) is 0. The van der Waals surface area contributed by atoms with Crippen molar-refractivity contribution < 1.29 is 10.0 Å². The molecule has 0 fully saturated rings. The van der Waals surface area contributed by atoms with Crippen molar-refractivity contribution in [3.8, 4) is 5.75 Å². The quantitative estimate of drug-likeness (QED) is 0.515. The zero-order valence-corrected chi connectivity index (χ0v) is 8.77. The summed E-state index contributed by atoms with van der Waals surface area (Å²) in [5.41, 5.74) is 0.413. The highest BCUT2D eigenvalue weighted by atomic mass is 79.9. The number of phenols is 1. The summed E-state index contributed by atoms with van der Waals surface area (Å²) >= 11 is 3.18. The molecule has 1 rings (SSSR count). The molecule has 0 radical (unpaired) electrons.